The highest BCUT2D eigenvalue weighted by Gasteiger charge is 2.24. The Morgan fingerprint density at radius 1 is 1.47 bits per heavy atom. The van der Waals surface area contributed by atoms with E-state index in [1.54, 1.807) is 0 Å². The number of hydrogen-bond acceptors (Lipinski definition) is 2. The zero-order valence-electron chi connectivity index (χ0n) is 11.3. The smallest absolute Gasteiger partial charge is 0.178 e. The fourth-order valence-corrected chi connectivity index (χ4v) is 2.27. The number of likely N-dealkylation sites (N-methyl/N-ethyl adjacent to an activating group) is 1. The minimum Gasteiger partial charge on any atom is -0.351 e. The maximum Gasteiger partial charge on any atom is 0.178 e. The van der Waals surface area contributed by atoms with Crippen LogP contribution in [0.25, 0.3) is 0 Å². The van der Waals surface area contributed by atoms with Crippen LogP contribution in [0, 0.1) is 19.8 Å². The summed E-state index contributed by atoms with van der Waals surface area (Å²) < 4.78 is 2.08. The number of aromatic nitrogens is 1. The van der Waals surface area contributed by atoms with Crippen LogP contribution in [0.1, 0.15) is 34.6 Å². The van der Waals surface area contributed by atoms with Gasteiger partial charge in [-0.05, 0) is 45.7 Å². The van der Waals surface area contributed by atoms with Gasteiger partial charge in [0.2, 0.25) is 0 Å². The Bertz CT molecular complexity index is 430. The Morgan fingerprint density at radius 3 is 2.59 bits per heavy atom. The molecule has 3 heteroatoms. The minimum atomic E-state index is 0.245. The van der Waals surface area contributed by atoms with Crippen molar-refractivity contribution in [2.75, 3.05) is 20.1 Å². The summed E-state index contributed by atoms with van der Waals surface area (Å²) >= 11 is 0. The van der Waals surface area contributed by atoms with Gasteiger partial charge in [-0.25, -0.2) is 0 Å². The fraction of sp³-hybridized carbons (Fsp3) is 0.643. The van der Waals surface area contributed by atoms with Crippen molar-refractivity contribution in [3.63, 3.8) is 0 Å². The van der Waals surface area contributed by atoms with E-state index in [4.69, 9.17) is 0 Å². The van der Waals surface area contributed by atoms with Crippen molar-refractivity contribution in [2.45, 2.75) is 26.7 Å². The summed E-state index contributed by atoms with van der Waals surface area (Å²) in [6.07, 6.45) is 2.67. The highest BCUT2D eigenvalue weighted by Crippen LogP contribution is 2.29. The molecule has 3 nitrogen and oxygen atoms in total. The molecular weight excluding hydrogens is 212 g/mol. The summed E-state index contributed by atoms with van der Waals surface area (Å²) in [7, 11) is 4.05. The second-order valence-electron chi connectivity index (χ2n) is 5.41. The topological polar surface area (TPSA) is 25.2 Å². The second kappa shape index (κ2) is 4.65. The molecule has 1 aliphatic rings. The first-order chi connectivity index (χ1) is 7.99. The van der Waals surface area contributed by atoms with E-state index in [1.807, 2.05) is 34.0 Å². The highest BCUT2D eigenvalue weighted by atomic mass is 16.1. The Morgan fingerprint density at radius 2 is 2.12 bits per heavy atom. The maximum absolute atomic E-state index is 12.2. The molecule has 1 saturated carbocycles. The van der Waals surface area contributed by atoms with Gasteiger partial charge in [-0.2, -0.15) is 0 Å². The van der Waals surface area contributed by atoms with Gasteiger partial charge in [0.1, 0.15) is 0 Å². The highest BCUT2D eigenvalue weighted by molar-refractivity contribution is 5.99. The third-order valence-electron chi connectivity index (χ3n) is 3.76. The van der Waals surface area contributed by atoms with Gasteiger partial charge in [-0.15, -0.1) is 0 Å². The Labute approximate surface area is 103 Å². The summed E-state index contributed by atoms with van der Waals surface area (Å²) in [6.45, 7) is 5.66. The lowest BCUT2D eigenvalue weighted by Crippen LogP contribution is -2.28. The summed E-state index contributed by atoms with van der Waals surface area (Å²) in [5.41, 5.74) is 3.11. The van der Waals surface area contributed by atoms with Crippen LogP contribution in [0.2, 0.25) is 0 Å². The Kier molecular flexibility index (Phi) is 3.38. The van der Waals surface area contributed by atoms with Crippen molar-refractivity contribution >= 4 is 5.78 Å². The summed E-state index contributed by atoms with van der Waals surface area (Å²) in [5, 5.41) is 0. The van der Waals surface area contributed by atoms with Crippen molar-refractivity contribution in [2.24, 2.45) is 13.0 Å². The predicted molar refractivity (Wildman–Crippen MR) is 69.4 cm³/mol. The van der Waals surface area contributed by atoms with Crippen molar-refractivity contribution in [1.82, 2.24) is 9.47 Å². The molecule has 0 saturated heterocycles. The molecule has 0 bridgehead atoms. The normalized spacial score (nSPS) is 15.6. The zero-order chi connectivity index (χ0) is 12.6. The van der Waals surface area contributed by atoms with E-state index in [0.29, 0.717) is 6.54 Å². The Balaban J connectivity index is 2.00. The molecule has 0 radical (unpaired) electrons. The second-order valence-corrected chi connectivity index (χ2v) is 5.41. The number of carbonyl (C=O) groups excluding carboxylic acids is 1. The minimum absolute atomic E-state index is 0.245. The van der Waals surface area contributed by atoms with Crippen LogP contribution in [-0.4, -0.2) is 35.4 Å². The maximum atomic E-state index is 12.2. The van der Waals surface area contributed by atoms with Crippen LogP contribution in [0.15, 0.2) is 6.07 Å². The van der Waals surface area contributed by atoms with E-state index in [-0.39, 0.29) is 5.78 Å². The number of rotatable bonds is 5. The zero-order valence-corrected chi connectivity index (χ0v) is 11.3. The van der Waals surface area contributed by atoms with Crippen LogP contribution in [0.4, 0.5) is 0 Å². The lowest BCUT2D eigenvalue weighted by Gasteiger charge is -2.14. The first-order valence-corrected chi connectivity index (χ1v) is 6.33. The van der Waals surface area contributed by atoms with E-state index in [0.717, 1.165) is 29.4 Å². The van der Waals surface area contributed by atoms with E-state index < -0.39 is 0 Å². The quantitative estimate of drug-likeness (QED) is 0.730. The van der Waals surface area contributed by atoms with Gasteiger partial charge >= 0.3 is 0 Å². The molecule has 0 N–H and O–H groups in total. The standard InChI is InChI=1S/C14H22N2O/c1-10-7-13(11(2)16(10)4)14(17)9-15(3)8-12-5-6-12/h7,12H,5-6,8-9H2,1-4H3. The molecular formula is C14H22N2O. The lowest BCUT2D eigenvalue weighted by atomic mass is 10.1. The van der Waals surface area contributed by atoms with Gasteiger partial charge in [0, 0.05) is 30.5 Å². The monoisotopic (exact) mass is 234 g/mol. The van der Waals surface area contributed by atoms with Crippen molar-refractivity contribution < 1.29 is 4.79 Å². The van der Waals surface area contributed by atoms with Gasteiger partial charge in [-0.1, -0.05) is 0 Å². The molecule has 0 atom stereocenters. The van der Waals surface area contributed by atoms with Gasteiger partial charge in [0.05, 0.1) is 6.54 Å². The van der Waals surface area contributed by atoms with Gasteiger partial charge in [-0.3, -0.25) is 9.69 Å². The van der Waals surface area contributed by atoms with Crippen molar-refractivity contribution in [3.8, 4) is 0 Å². The van der Waals surface area contributed by atoms with Crippen molar-refractivity contribution in [3.05, 3.63) is 23.0 Å². The summed E-state index contributed by atoms with van der Waals surface area (Å²) in [6, 6.07) is 2.00. The SMILES string of the molecule is Cc1cc(C(=O)CN(C)CC2CC2)c(C)n1C. The third kappa shape index (κ3) is 2.78. The molecule has 0 unspecified atom stereocenters. The number of nitrogens with zero attached hydrogens (tertiary/aromatic N) is 2. The van der Waals surface area contributed by atoms with Crippen LogP contribution in [0.3, 0.4) is 0 Å². The third-order valence-corrected chi connectivity index (χ3v) is 3.76. The molecule has 2 rings (SSSR count). The van der Waals surface area contributed by atoms with E-state index >= 15 is 0 Å². The molecule has 1 aliphatic carbocycles. The predicted octanol–water partition coefficient (Wildman–Crippen LogP) is 2.17. The number of carbonyl (C=O) groups is 1. The molecule has 1 heterocycles. The molecule has 0 aliphatic heterocycles. The van der Waals surface area contributed by atoms with Crippen LogP contribution in [0.5, 0.6) is 0 Å². The number of Topliss-reactive ketones (excluding diaryl/α,β-unsaturated/α-hetero) is 1. The molecule has 0 amide bonds. The molecule has 0 aromatic carbocycles. The number of hydrogen-bond donors (Lipinski definition) is 0. The first-order valence-electron chi connectivity index (χ1n) is 6.33. The van der Waals surface area contributed by atoms with Gasteiger partial charge < -0.3 is 4.57 Å². The van der Waals surface area contributed by atoms with Crippen LogP contribution >= 0.6 is 0 Å². The fourth-order valence-electron chi connectivity index (χ4n) is 2.27. The Hall–Kier alpha value is -1.09. The molecule has 1 aromatic heterocycles. The van der Waals surface area contributed by atoms with Crippen LogP contribution in [-0.2, 0) is 7.05 Å². The van der Waals surface area contributed by atoms with E-state index in [2.05, 4.69) is 9.47 Å². The van der Waals surface area contributed by atoms with E-state index in [9.17, 15) is 4.79 Å². The molecule has 94 valence electrons. The average molecular weight is 234 g/mol. The van der Waals surface area contributed by atoms with E-state index in [1.165, 1.54) is 12.8 Å². The largest absolute Gasteiger partial charge is 0.351 e. The molecule has 0 spiro atoms. The summed E-state index contributed by atoms with van der Waals surface area (Å²) in [5.74, 6) is 1.08. The average Bonchev–Trinajstić information content (AvgIpc) is 3.02. The molecule has 17 heavy (non-hydrogen) atoms. The lowest BCUT2D eigenvalue weighted by molar-refractivity contribution is 0.0943. The van der Waals surface area contributed by atoms with Crippen LogP contribution < -0.4 is 0 Å². The first kappa shape index (κ1) is 12.4. The van der Waals surface area contributed by atoms with Crippen molar-refractivity contribution in [1.29, 1.82) is 0 Å². The van der Waals surface area contributed by atoms with Gasteiger partial charge in [0.15, 0.2) is 5.78 Å². The summed E-state index contributed by atoms with van der Waals surface area (Å²) in [4.78, 5) is 14.3. The number of aryl methyl sites for hydroxylation is 1. The molecule has 1 fully saturated rings. The van der Waals surface area contributed by atoms with Gasteiger partial charge in [0.25, 0.3) is 0 Å². The molecule has 1 aromatic rings. The number of ketones is 1.